The monoisotopic (exact) mass is 545 g/mol. The number of benzene rings is 3. The van der Waals surface area contributed by atoms with E-state index in [0.29, 0.717) is 13.1 Å². The summed E-state index contributed by atoms with van der Waals surface area (Å²) in [5.41, 5.74) is 3.86. The van der Waals surface area contributed by atoms with Crippen molar-refractivity contribution in [2.45, 2.75) is 58.4 Å². The fourth-order valence-electron chi connectivity index (χ4n) is 5.23. The molecule has 1 heterocycles. The second-order valence-corrected chi connectivity index (χ2v) is 10.6. The number of halogens is 1. The van der Waals surface area contributed by atoms with Crippen LogP contribution in [0, 0.1) is 12.7 Å². The number of methoxy groups -OCH3 is 1. The Morgan fingerprint density at radius 3 is 2.45 bits per heavy atom. The summed E-state index contributed by atoms with van der Waals surface area (Å²) >= 11 is 0. The first-order valence-corrected chi connectivity index (χ1v) is 14.2. The van der Waals surface area contributed by atoms with Crippen LogP contribution < -0.4 is 15.0 Å². The van der Waals surface area contributed by atoms with Crippen LogP contribution >= 0.6 is 0 Å². The van der Waals surface area contributed by atoms with Gasteiger partial charge in [0, 0.05) is 18.8 Å². The van der Waals surface area contributed by atoms with Gasteiger partial charge in [0.05, 0.1) is 25.8 Å². The normalized spacial score (nSPS) is 15.2. The van der Waals surface area contributed by atoms with E-state index >= 15 is 0 Å². The van der Waals surface area contributed by atoms with Crippen molar-refractivity contribution in [3.63, 3.8) is 0 Å². The minimum Gasteiger partial charge on any atom is -0.497 e. The summed E-state index contributed by atoms with van der Waals surface area (Å²) < 4.78 is 19.6. The first-order chi connectivity index (χ1) is 19.4. The summed E-state index contributed by atoms with van der Waals surface area (Å²) in [6, 6.07) is 20.3. The number of carbonyl (C=O) groups excluding carboxylic acids is 2. The van der Waals surface area contributed by atoms with Crippen molar-refractivity contribution in [1.82, 2.24) is 4.90 Å². The van der Waals surface area contributed by atoms with Gasteiger partial charge in [-0.05, 0) is 73.3 Å². The summed E-state index contributed by atoms with van der Waals surface area (Å²) in [5, 5.41) is 2.75. The third-order valence-corrected chi connectivity index (χ3v) is 7.34. The number of nitrogens with one attached hydrogen (secondary N) is 1. The van der Waals surface area contributed by atoms with Gasteiger partial charge in [0.25, 0.3) is 0 Å². The molecule has 1 aliphatic rings. The van der Waals surface area contributed by atoms with Crippen LogP contribution in [0.15, 0.2) is 66.7 Å². The highest BCUT2D eigenvalue weighted by Crippen LogP contribution is 2.26. The number of hydrogen-bond donors (Lipinski definition) is 1. The highest BCUT2D eigenvalue weighted by Gasteiger charge is 2.22. The molecule has 212 valence electrons. The number of ether oxygens (including phenoxy) is 1. The number of hydrogen-bond acceptors (Lipinski definition) is 4. The van der Waals surface area contributed by atoms with Gasteiger partial charge in [-0.15, -0.1) is 0 Å². The van der Waals surface area contributed by atoms with Gasteiger partial charge in [0.15, 0.2) is 0 Å². The van der Waals surface area contributed by atoms with E-state index in [9.17, 15) is 14.0 Å². The highest BCUT2D eigenvalue weighted by atomic mass is 19.1. The van der Waals surface area contributed by atoms with E-state index in [1.807, 2.05) is 60.4 Å². The number of rotatable bonds is 6. The van der Waals surface area contributed by atoms with E-state index in [0.717, 1.165) is 73.2 Å². The Hall–Kier alpha value is -3.71. The van der Waals surface area contributed by atoms with Gasteiger partial charge in [-0.3, -0.25) is 14.5 Å². The van der Waals surface area contributed by atoms with E-state index in [1.165, 1.54) is 6.07 Å². The van der Waals surface area contributed by atoms with Gasteiger partial charge in [-0.2, -0.15) is 0 Å². The topological polar surface area (TPSA) is 61.9 Å². The molecule has 0 unspecified atom stereocenters. The Morgan fingerprint density at radius 2 is 1.65 bits per heavy atom. The third-order valence-electron chi connectivity index (χ3n) is 7.34. The minimum absolute atomic E-state index is 0.0368. The molecule has 40 heavy (non-hydrogen) atoms. The van der Waals surface area contributed by atoms with E-state index in [2.05, 4.69) is 10.2 Å². The Balaban J connectivity index is 1.56. The fraction of sp³-hybridized carbons (Fsp3) is 0.394. The number of nitrogens with zero attached hydrogens (tertiary/aromatic N) is 2. The number of carbonyl (C=O) groups is 2. The zero-order valence-corrected chi connectivity index (χ0v) is 23.6. The number of aryl methyl sites for hydroxylation is 1. The van der Waals surface area contributed by atoms with Crippen molar-refractivity contribution < 1.29 is 18.7 Å². The van der Waals surface area contributed by atoms with Crippen molar-refractivity contribution in [2.24, 2.45) is 0 Å². The Morgan fingerprint density at radius 1 is 0.900 bits per heavy atom. The molecule has 7 heteroatoms. The van der Waals surface area contributed by atoms with Crippen molar-refractivity contribution in [3.05, 3.63) is 89.2 Å². The maximum absolute atomic E-state index is 14.3. The largest absolute Gasteiger partial charge is 0.497 e. The van der Waals surface area contributed by atoms with Crippen molar-refractivity contribution in [3.8, 4) is 5.75 Å². The summed E-state index contributed by atoms with van der Waals surface area (Å²) in [6.07, 6.45) is 6.59. The summed E-state index contributed by atoms with van der Waals surface area (Å²) in [7, 11) is 1.62. The summed E-state index contributed by atoms with van der Waals surface area (Å²) in [4.78, 5) is 30.7. The van der Waals surface area contributed by atoms with Crippen molar-refractivity contribution in [1.29, 1.82) is 0 Å². The molecule has 0 saturated heterocycles. The smallest absolute Gasteiger partial charge is 0.238 e. The molecule has 0 bridgehead atoms. The molecular formula is C33H40FN3O3. The maximum Gasteiger partial charge on any atom is 0.238 e. The standard InChI is InChI=1S/C33H40FN3O3/c1-25-16-17-29(34)30(20-25)35-32(38)24-36-18-9-5-3-4-6-10-19-37(31-15-8-7-13-27(31)23-36)33(39)22-26-12-11-14-28(21-26)40-2/h7-8,11-17,20-21H,3-6,9-10,18-19,22-24H2,1-2H3,(H,35,38). The predicted octanol–water partition coefficient (Wildman–Crippen LogP) is 6.51. The second kappa shape index (κ2) is 14.6. The average Bonchev–Trinajstić information content (AvgIpc) is 2.96. The van der Waals surface area contributed by atoms with Crippen LogP contribution in [-0.4, -0.2) is 43.5 Å². The third kappa shape index (κ3) is 8.39. The van der Waals surface area contributed by atoms with Crippen LogP contribution in [0.3, 0.4) is 0 Å². The first-order valence-electron chi connectivity index (χ1n) is 14.2. The molecule has 2 amide bonds. The van der Waals surface area contributed by atoms with Crippen molar-refractivity contribution in [2.75, 3.05) is 37.0 Å². The first kappa shape index (κ1) is 29.3. The number of amides is 2. The van der Waals surface area contributed by atoms with Crippen LogP contribution in [0.25, 0.3) is 0 Å². The highest BCUT2D eigenvalue weighted by molar-refractivity contribution is 5.95. The minimum atomic E-state index is -0.445. The molecule has 1 aliphatic heterocycles. The number of anilines is 2. The lowest BCUT2D eigenvalue weighted by Crippen LogP contribution is -2.36. The summed E-state index contributed by atoms with van der Waals surface area (Å²) in [6.45, 7) is 3.91. The molecule has 0 radical (unpaired) electrons. The maximum atomic E-state index is 14.3. The molecule has 3 aromatic carbocycles. The van der Waals surface area contributed by atoms with Gasteiger partial charge in [0.2, 0.25) is 11.8 Å². The lowest BCUT2D eigenvalue weighted by molar-refractivity contribution is -0.118. The van der Waals surface area contributed by atoms with Crippen LogP contribution in [0.2, 0.25) is 0 Å². The van der Waals surface area contributed by atoms with Gasteiger partial charge < -0.3 is 15.0 Å². The molecule has 0 aromatic heterocycles. The molecule has 0 saturated carbocycles. The molecular weight excluding hydrogens is 505 g/mol. The second-order valence-electron chi connectivity index (χ2n) is 10.6. The molecule has 4 rings (SSSR count). The zero-order chi connectivity index (χ0) is 28.3. The number of fused-ring (bicyclic) bond motifs is 1. The van der Waals surface area contributed by atoms with Gasteiger partial charge in [-0.1, -0.05) is 62.1 Å². The lowest BCUT2D eigenvalue weighted by Gasteiger charge is -2.28. The van der Waals surface area contributed by atoms with Crippen LogP contribution in [0.4, 0.5) is 15.8 Å². The molecule has 0 atom stereocenters. The zero-order valence-electron chi connectivity index (χ0n) is 23.6. The molecule has 0 fully saturated rings. The number of para-hydroxylation sites is 1. The Kier molecular flexibility index (Phi) is 10.7. The van der Waals surface area contributed by atoms with Gasteiger partial charge in [-0.25, -0.2) is 4.39 Å². The van der Waals surface area contributed by atoms with E-state index in [1.54, 1.807) is 19.2 Å². The van der Waals surface area contributed by atoms with Gasteiger partial charge >= 0.3 is 0 Å². The van der Waals surface area contributed by atoms with Crippen molar-refractivity contribution >= 4 is 23.2 Å². The quantitative estimate of drug-likeness (QED) is 0.383. The van der Waals surface area contributed by atoms with Gasteiger partial charge in [0.1, 0.15) is 11.6 Å². The molecule has 1 N–H and O–H groups in total. The molecule has 0 spiro atoms. The Bertz CT molecular complexity index is 1300. The van der Waals surface area contributed by atoms with E-state index in [-0.39, 0.29) is 30.5 Å². The van der Waals surface area contributed by atoms with Crippen LogP contribution in [0.5, 0.6) is 5.75 Å². The molecule has 6 nitrogen and oxygen atoms in total. The van der Waals surface area contributed by atoms with Crippen LogP contribution in [0.1, 0.15) is 55.2 Å². The van der Waals surface area contributed by atoms with E-state index in [4.69, 9.17) is 4.74 Å². The molecule has 3 aromatic rings. The summed E-state index contributed by atoms with van der Waals surface area (Å²) in [5.74, 6) is 0.0709. The van der Waals surface area contributed by atoms with Crippen LogP contribution in [-0.2, 0) is 22.6 Å². The fourth-order valence-corrected chi connectivity index (χ4v) is 5.23. The Labute approximate surface area is 237 Å². The lowest BCUT2D eigenvalue weighted by atomic mass is 10.1. The van der Waals surface area contributed by atoms with E-state index < -0.39 is 5.82 Å². The SMILES string of the molecule is COc1cccc(CC(=O)N2CCCCCCCCN(CC(=O)Nc3cc(C)ccc3F)Cc3ccccc32)c1. The molecule has 0 aliphatic carbocycles. The average molecular weight is 546 g/mol. The predicted molar refractivity (Wildman–Crippen MR) is 158 cm³/mol.